The summed E-state index contributed by atoms with van der Waals surface area (Å²) in [6, 6.07) is 16.7. The summed E-state index contributed by atoms with van der Waals surface area (Å²) in [7, 11) is 0. The second-order valence-electron chi connectivity index (χ2n) is 8.06. The van der Waals surface area contributed by atoms with Gasteiger partial charge in [0.25, 0.3) is 0 Å². The number of aliphatic hydroxyl groups is 2. The van der Waals surface area contributed by atoms with Crippen molar-refractivity contribution in [3.63, 3.8) is 0 Å². The minimum Gasteiger partial charge on any atom is -0.491 e. The number of rotatable bonds is 8. The van der Waals surface area contributed by atoms with E-state index in [2.05, 4.69) is 38.1 Å². The molecule has 0 heterocycles. The molecular weight excluding hydrogens is 352 g/mol. The third-order valence-corrected chi connectivity index (χ3v) is 6.52. The predicted octanol–water partition coefficient (Wildman–Crippen LogP) is 4.22. The van der Waals surface area contributed by atoms with Gasteiger partial charge in [0.2, 0.25) is 0 Å². The highest BCUT2D eigenvalue weighted by molar-refractivity contribution is 5.42. The fourth-order valence-corrected chi connectivity index (χ4v) is 4.60. The van der Waals surface area contributed by atoms with Crippen LogP contribution in [-0.2, 0) is 10.8 Å². The van der Waals surface area contributed by atoms with E-state index in [-0.39, 0.29) is 24.0 Å². The third kappa shape index (κ3) is 4.03. The minimum absolute atomic E-state index is 0.0221. The zero-order chi connectivity index (χ0) is 20.0. The maximum absolute atomic E-state index is 8.94. The topological polar surface area (TPSA) is 58.9 Å². The molecule has 2 unspecified atom stereocenters. The van der Waals surface area contributed by atoms with Gasteiger partial charge in [-0.25, -0.2) is 0 Å². The zero-order valence-corrected chi connectivity index (χ0v) is 17.0. The van der Waals surface area contributed by atoms with Crippen molar-refractivity contribution in [1.82, 2.24) is 0 Å². The smallest absolute Gasteiger partial charge is 0.119 e. The van der Waals surface area contributed by atoms with Crippen LogP contribution in [-0.4, -0.2) is 36.6 Å². The molecule has 28 heavy (non-hydrogen) atoms. The van der Waals surface area contributed by atoms with Gasteiger partial charge in [0, 0.05) is 10.8 Å². The highest BCUT2D eigenvalue weighted by Crippen LogP contribution is 2.53. The van der Waals surface area contributed by atoms with Gasteiger partial charge < -0.3 is 19.7 Å². The molecule has 0 spiro atoms. The molecule has 1 fully saturated rings. The first-order chi connectivity index (χ1) is 13.5. The predicted molar refractivity (Wildman–Crippen MR) is 111 cm³/mol. The fourth-order valence-electron chi connectivity index (χ4n) is 4.60. The molecule has 0 bridgehead atoms. The van der Waals surface area contributed by atoms with Crippen LogP contribution in [0.3, 0.4) is 0 Å². The van der Waals surface area contributed by atoms with Crippen molar-refractivity contribution in [2.24, 2.45) is 0 Å². The number of aliphatic hydroxyl groups excluding tert-OH is 2. The summed E-state index contributed by atoms with van der Waals surface area (Å²) in [6.07, 6.45) is 4.74. The van der Waals surface area contributed by atoms with Crippen LogP contribution < -0.4 is 9.47 Å². The molecule has 2 aromatic carbocycles. The average molecular weight is 385 g/mol. The third-order valence-electron chi connectivity index (χ3n) is 6.52. The minimum atomic E-state index is 0.0221. The molecule has 152 valence electrons. The highest BCUT2D eigenvalue weighted by atomic mass is 16.5. The van der Waals surface area contributed by atoms with Crippen LogP contribution in [0.15, 0.2) is 48.5 Å². The van der Waals surface area contributed by atoms with Gasteiger partial charge in [0.15, 0.2) is 0 Å². The van der Waals surface area contributed by atoms with E-state index >= 15 is 0 Å². The van der Waals surface area contributed by atoms with Crippen molar-refractivity contribution in [3.05, 3.63) is 59.7 Å². The molecule has 4 heteroatoms. The Morgan fingerprint density at radius 2 is 1.04 bits per heavy atom. The van der Waals surface area contributed by atoms with E-state index in [1.807, 2.05) is 24.3 Å². The van der Waals surface area contributed by atoms with Crippen LogP contribution in [0.5, 0.6) is 11.5 Å². The van der Waals surface area contributed by atoms with Crippen molar-refractivity contribution in [2.45, 2.75) is 50.4 Å². The Labute approximate surface area is 168 Å². The summed E-state index contributed by atoms with van der Waals surface area (Å²) in [5.41, 5.74) is 2.70. The van der Waals surface area contributed by atoms with Crippen molar-refractivity contribution in [3.8, 4) is 11.5 Å². The maximum Gasteiger partial charge on any atom is 0.119 e. The monoisotopic (exact) mass is 384 g/mol. The molecule has 4 nitrogen and oxygen atoms in total. The maximum atomic E-state index is 8.94. The first kappa shape index (κ1) is 20.7. The Kier molecular flexibility index (Phi) is 6.63. The van der Waals surface area contributed by atoms with Crippen LogP contribution in [0.25, 0.3) is 0 Å². The summed E-state index contributed by atoms with van der Waals surface area (Å²) in [5, 5.41) is 17.9. The normalized spacial score (nSPS) is 24.7. The second kappa shape index (κ2) is 8.97. The van der Waals surface area contributed by atoms with E-state index in [4.69, 9.17) is 19.7 Å². The molecule has 0 amide bonds. The van der Waals surface area contributed by atoms with Crippen LogP contribution in [0, 0.1) is 0 Å². The van der Waals surface area contributed by atoms with Gasteiger partial charge in [-0.2, -0.15) is 0 Å². The van der Waals surface area contributed by atoms with Gasteiger partial charge in [0.1, 0.15) is 24.7 Å². The highest BCUT2D eigenvalue weighted by Gasteiger charge is 2.48. The summed E-state index contributed by atoms with van der Waals surface area (Å²) in [4.78, 5) is 0. The van der Waals surface area contributed by atoms with E-state index in [1.165, 1.54) is 24.0 Å². The van der Waals surface area contributed by atoms with E-state index < -0.39 is 0 Å². The molecule has 0 saturated heterocycles. The lowest BCUT2D eigenvalue weighted by Crippen LogP contribution is -2.47. The van der Waals surface area contributed by atoms with Gasteiger partial charge in [-0.1, -0.05) is 51.0 Å². The van der Waals surface area contributed by atoms with Crippen LogP contribution in [0.4, 0.5) is 0 Å². The Morgan fingerprint density at radius 1 is 0.679 bits per heavy atom. The lowest BCUT2D eigenvalue weighted by atomic mass is 9.52. The lowest BCUT2D eigenvalue weighted by Gasteiger charge is -2.51. The zero-order valence-electron chi connectivity index (χ0n) is 17.0. The molecule has 2 aromatic rings. The molecule has 0 radical (unpaired) electrons. The standard InChI is InChI=1S/C24H32O4/c1-23(19-5-9-21(10-6-19)27-17-15-25)13-3-4-14-24(23,2)20-7-11-22(12-8-20)28-18-16-26/h5-12,25-26H,3-4,13-18H2,1-2H3. The molecule has 2 N–H and O–H groups in total. The Bertz CT molecular complexity index is 675. The van der Waals surface area contributed by atoms with Crippen molar-refractivity contribution in [2.75, 3.05) is 26.4 Å². The van der Waals surface area contributed by atoms with Crippen LogP contribution in [0.1, 0.15) is 50.7 Å². The van der Waals surface area contributed by atoms with Gasteiger partial charge in [-0.05, 0) is 48.2 Å². The average Bonchev–Trinajstić information content (AvgIpc) is 2.73. The first-order valence-corrected chi connectivity index (χ1v) is 10.2. The van der Waals surface area contributed by atoms with Gasteiger partial charge >= 0.3 is 0 Å². The van der Waals surface area contributed by atoms with Crippen LogP contribution >= 0.6 is 0 Å². The van der Waals surface area contributed by atoms with Crippen molar-refractivity contribution < 1.29 is 19.7 Å². The molecule has 0 aliphatic heterocycles. The van der Waals surface area contributed by atoms with Crippen molar-refractivity contribution >= 4 is 0 Å². The molecule has 2 atom stereocenters. The molecule has 1 aliphatic rings. The van der Waals surface area contributed by atoms with E-state index in [0.29, 0.717) is 13.2 Å². The summed E-state index contributed by atoms with van der Waals surface area (Å²) >= 11 is 0. The summed E-state index contributed by atoms with van der Waals surface area (Å²) in [5.74, 6) is 1.59. The Balaban J connectivity index is 1.89. The fraction of sp³-hybridized carbons (Fsp3) is 0.500. The number of benzene rings is 2. The Hall–Kier alpha value is -2.04. The van der Waals surface area contributed by atoms with Gasteiger partial charge in [-0.3, -0.25) is 0 Å². The van der Waals surface area contributed by atoms with Gasteiger partial charge in [-0.15, -0.1) is 0 Å². The van der Waals surface area contributed by atoms with E-state index in [1.54, 1.807) is 0 Å². The summed E-state index contributed by atoms with van der Waals surface area (Å²) < 4.78 is 11.1. The quantitative estimate of drug-likeness (QED) is 0.715. The largest absolute Gasteiger partial charge is 0.491 e. The SMILES string of the molecule is CC1(c2ccc(OCCO)cc2)CCCCC1(C)c1ccc(OCCO)cc1. The second-order valence-corrected chi connectivity index (χ2v) is 8.06. The van der Waals surface area contributed by atoms with Gasteiger partial charge in [0.05, 0.1) is 13.2 Å². The Morgan fingerprint density at radius 3 is 1.36 bits per heavy atom. The van der Waals surface area contributed by atoms with Crippen molar-refractivity contribution in [1.29, 1.82) is 0 Å². The molecular formula is C24H32O4. The van der Waals surface area contributed by atoms with E-state index in [0.717, 1.165) is 24.3 Å². The van der Waals surface area contributed by atoms with Crippen LogP contribution in [0.2, 0.25) is 0 Å². The first-order valence-electron chi connectivity index (χ1n) is 10.2. The lowest BCUT2D eigenvalue weighted by molar-refractivity contribution is 0.170. The molecule has 3 rings (SSSR count). The number of hydrogen-bond acceptors (Lipinski definition) is 4. The molecule has 0 aromatic heterocycles. The number of ether oxygens (including phenoxy) is 2. The number of hydrogen-bond donors (Lipinski definition) is 2. The summed E-state index contributed by atoms with van der Waals surface area (Å²) in [6.45, 7) is 5.45. The molecule has 1 aliphatic carbocycles. The van der Waals surface area contributed by atoms with E-state index in [9.17, 15) is 0 Å². The molecule has 1 saturated carbocycles.